The molecule has 1 unspecified atom stereocenters. The molecule has 6 heavy (non-hydrogen) atoms. The molecule has 1 atom stereocenters. The summed E-state index contributed by atoms with van der Waals surface area (Å²) in [6, 6.07) is 0. The van der Waals surface area contributed by atoms with Crippen molar-refractivity contribution < 1.29 is 26.8 Å². The molecule has 0 aromatic rings. The fourth-order valence-corrected chi connectivity index (χ4v) is 0. The Morgan fingerprint density at radius 3 is 1.83 bits per heavy atom. The van der Waals surface area contributed by atoms with Crippen LogP contribution >= 0.6 is 0 Å². The normalized spacial score (nSPS) is 12.5. The largest absolute Gasteiger partial charge is 0.393 e. The molecule has 0 amide bonds. The average molecular weight is 122 g/mol. The van der Waals surface area contributed by atoms with Crippen molar-refractivity contribution in [2.45, 2.75) is 26.4 Å². The molecule has 1 N–H and O–H groups in total. The Hall–Kier alpha value is 0.674. The molecular formula is C4H10OTi. The van der Waals surface area contributed by atoms with Gasteiger partial charge in [0.05, 0.1) is 6.10 Å². The van der Waals surface area contributed by atoms with Crippen LogP contribution in [0.25, 0.3) is 0 Å². The minimum absolute atomic E-state index is 0. The second-order valence-electron chi connectivity index (χ2n) is 1.26. The van der Waals surface area contributed by atoms with Crippen LogP contribution in [0.2, 0.25) is 0 Å². The average Bonchev–Trinajstić information content (AvgIpc) is 1.38. The molecule has 36 valence electrons. The molecule has 0 saturated heterocycles. The summed E-state index contributed by atoms with van der Waals surface area (Å²) >= 11 is 0. The van der Waals surface area contributed by atoms with Gasteiger partial charge in [-0.3, -0.25) is 0 Å². The second-order valence-corrected chi connectivity index (χ2v) is 1.26. The van der Waals surface area contributed by atoms with Crippen molar-refractivity contribution in [3.8, 4) is 0 Å². The van der Waals surface area contributed by atoms with E-state index in [9.17, 15) is 0 Å². The van der Waals surface area contributed by atoms with E-state index in [1.807, 2.05) is 6.92 Å². The molecule has 0 aliphatic heterocycles. The molecule has 0 spiro atoms. The Balaban J connectivity index is 0. The summed E-state index contributed by atoms with van der Waals surface area (Å²) in [7, 11) is 0. The van der Waals surface area contributed by atoms with Gasteiger partial charge < -0.3 is 5.11 Å². The van der Waals surface area contributed by atoms with Crippen LogP contribution in [0.5, 0.6) is 0 Å². The smallest absolute Gasteiger partial charge is 0.0509 e. The Labute approximate surface area is 53.6 Å². The third-order valence-electron chi connectivity index (χ3n) is 0.591. The van der Waals surface area contributed by atoms with Crippen LogP contribution in [-0.2, 0) is 21.7 Å². The van der Waals surface area contributed by atoms with Gasteiger partial charge in [0.1, 0.15) is 0 Å². The van der Waals surface area contributed by atoms with Gasteiger partial charge in [0.2, 0.25) is 0 Å². The first-order valence-corrected chi connectivity index (χ1v) is 1.95. The van der Waals surface area contributed by atoms with E-state index in [4.69, 9.17) is 5.11 Å². The topological polar surface area (TPSA) is 20.2 Å². The van der Waals surface area contributed by atoms with Gasteiger partial charge in [-0.05, 0) is 13.3 Å². The van der Waals surface area contributed by atoms with E-state index in [0.29, 0.717) is 0 Å². The minimum Gasteiger partial charge on any atom is -0.393 e. The number of rotatable bonds is 1. The first kappa shape index (κ1) is 9.84. The van der Waals surface area contributed by atoms with Gasteiger partial charge >= 0.3 is 0 Å². The first-order chi connectivity index (χ1) is 2.27. The van der Waals surface area contributed by atoms with Gasteiger partial charge in [0.25, 0.3) is 0 Å². The molecule has 0 aromatic heterocycles. The van der Waals surface area contributed by atoms with Crippen LogP contribution in [-0.4, -0.2) is 11.2 Å². The van der Waals surface area contributed by atoms with E-state index in [1.54, 1.807) is 6.92 Å². The fourth-order valence-electron chi connectivity index (χ4n) is 0. The maximum absolute atomic E-state index is 8.36. The van der Waals surface area contributed by atoms with E-state index in [0.717, 1.165) is 6.42 Å². The Morgan fingerprint density at radius 2 is 1.83 bits per heavy atom. The van der Waals surface area contributed by atoms with Gasteiger partial charge in [0, 0.05) is 21.7 Å². The van der Waals surface area contributed by atoms with E-state index in [2.05, 4.69) is 0 Å². The molecule has 0 saturated carbocycles. The number of aliphatic hydroxyl groups is 1. The third-order valence-corrected chi connectivity index (χ3v) is 0.591. The molecule has 2 heteroatoms. The molecule has 0 fully saturated rings. The van der Waals surface area contributed by atoms with Crippen LogP contribution in [0.4, 0.5) is 0 Å². The van der Waals surface area contributed by atoms with Crippen molar-refractivity contribution in [1.82, 2.24) is 0 Å². The van der Waals surface area contributed by atoms with Crippen molar-refractivity contribution in [2.24, 2.45) is 0 Å². The Kier molecular flexibility index (Phi) is 9.30. The van der Waals surface area contributed by atoms with Crippen LogP contribution in [0.1, 0.15) is 20.3 Å². The summed E-state index contributed by atoms with van der Waals surface area (Å²) in [5, 5.41) is 8.36. The van der Waals surface area contributed by atoms with Crippen LogP contribution < -0.4 is 0 Å². The van der Waals surface area contributed by atoms with Crippen molar-refractivity contribution in [2.75, 3.05) is 0 Å². The predicted molar refractivity (Wildman–Crippen MR) is 22.0 cm³/mol. The Bertz CT molecular complexity index is 21.5. The van der Waals surface area contributed by atoms with Crippen LogP contribution in [0, 0.1) is 0 Å². The van der Waals surface area contributed by atoms with E-state index in [1.165, 1.54) is 0 Å². The quantitative estimate of drug-likeness (QED) is 0.509. The van der Waals surface area contributed by atoms with Crippen LogP contribution in [0.15, 0.2) is 0 Å². The number of hydrogen-bond acceptors (Lipinski definition) is 1. The molecule has 0 bridgehead atoms. The van der Waals surface area contributed by atoms with Gasteiger partial charge in [0.15, 0.2) is 0 Å². The zero-order chi connectivity index (χ0) is 4.28. The maximum Gasteiger partial charge on any atom is 0.0509 e. The summed E-state index contributed by atoms with van der Waals surface area (Å²) < 4.78 is 0. The molecule has 0 aromatic carbocycles. The molecule has 1 nitrogen and oxygen atoms in total. The Morgan fingerprint density at radius 1 is 1.67 bits per heavy atom. The molecule has 0 heterocycles. The third kappa shape index (κ3) is 8.82. The number of aliphatic hydroxyl groups excluding tert-OH is 1. The van der Waals surface area contributed by atoms with Crippen molar-refractivity contribution in [3.05, 3.63) is 0 Å². The van der Waals surface area contributed by atoms with Gasteiger partial charge in [-0.25, -0.2) is 0 Å². The van der Waals surface area contributed by atoms with E-state index < -0.39 is 0 Å². The van der Waals surface area contributed by atoms with Gasteiger partial charge in [-0.2, -0.15) is 0 Å². The summed E-state index contributed by atoms with van der Waals surface area (Å²) in [4.78, 5) is 0. The summed E-state index contributed by atoms with van der Waals surface area (Å²) in [5.74, 6) is 0. The standard InChI is InChI=1S/C4H10O.Ti/c1-3-4(2)5;/h4-5H,3H2,1-2H3;. The van der Waals surface area contributed by atoms with Crippen molar-refractivity contribution >= 4 is 0 Å². The van der Waals surface area contributed by atoms with E-state index in [-0.39, 0.29) is 27.8 Å². The molecular weight excluding hydrogens is 112 g/mol. The van der Waals surface area contributed by atoms with Gasteiger partial charge in [-0.1, -0.05) is 6.92 Å². The minimum atomic E-state index is -0.116. The zero-order valence-corrected chi connectivity index (χ0v) is 5.79. The summed E-state index contributed by atoms with van der Waals surface area (Å²) in [6.45, 7) is 3.73. The molecule has 0 rings (SSSR count). The van der Waals surface area contributed by atoms with Crippen LogP contribution in [0.3, 0.4) is 0 Å². The van der Waals surface area contributed by atoms with Crippen molar-refractivity contribution in [3.63, 3.8) is 0 Å². The van der Waals surface area contributed by atoms with Gasteiger partial charge in [-0.15, -0.1) is 0 Å². The summed E-state index contributed by atoms with van der Waals surface area (Å²) in [5.41, 5.74) is 0. The molecule has 0 aliphatic rings. The molecule has 0 aliphatic carbocycles. The maximum atomic E-state index is 8.36. The van der Waals surface area contributed by atoms with E-state index >= 15 is 0 Å². The van der Waals surface area contributed by atoms with Crippen molar-refractivity contribution in [1.29, 1.82) is 0 Å². The zero-order valence-electron chi connectivity index (χ0n) is 4.23. The first-order valence-electron chi connectivity index (χ1n) is 1.95. The SMILES string of the molecule is CCC(C)O.[Ti]. The fraction of sp³-hybridized carbons (Fsp3) is 1.00. The predicted octanol–water partition coefficient (Wildman–Crippen LogP) is 0.775. The summed E-state index contributed by atoms with van der Waals surface area (Å²) in [6.07, 6.45) is 0.745. The molecule has 0 radical (unpaired) electrons. The number of hydrogen-bond donors (Lipinski definition) is 1. The monoisotopic (exact) mass is 122 g/mol. The second kappa shape index (κ2) is 5.67.